The highest BCUT2D eigenvalue weighted by Crippen LogP contribution is 2.13. The molecule has 0 saturated carbocycles. The molecule has 0 aliphatic carbocycles. The lowest BCUT2D eigenvalue weighted by molar-refractivity contribution is 0.975. The Morgan fingerprint density at radius 1 is 1.31 bits per heavy atom. The van der Waals surface area contributed by atoms with Gasteiger partial charge in [0.25, 0.3) is 0 Å². The highest BCUT2D eigenvalue weighted by molar-refractivity contribution is 5.53. The molecule has 2 rings (SSSR count). The summed E-state index contributed by atoms with van der Waals surface area (Å²) < 4.78 is 0. The molecule has 0 aliphatic rings. The molecule has 0 fully saturated rings. The van der Waals surface area contributed by atoms with Crippen molar-refractivity contribution < 1.29 is 0 Å². The van der Waals surface area contributed by atoms with Crippen molar-refractivity contribution in [3.05, 3.63) is 36.2 Å². The lowest BCUT2D eigenvalue weighted by Gasteiger charge is -1.91. The summed E-state index contributed by atoms with van der Waals surface area (Å²) in [6.45, 7) is 2.09. The lowest BCUT2D eigenvalue weighted by atomic mass is 10.2. The normalized spacial score (nSPS) is 10.2. The monoisotopic (exact) mass is 173 g/mol. The first kappa shape index (κ1) is 7.98. The van der Waals surface area contributed by atoms with Crippen LogP contribution in [0.25, 0.3) is 11.4 Å². The summed E-state index contributed by atoms with van der Waals surface area (Å²) in [5.41, 5.74) is 2.97. The molecule has 0 amide bonds. The Hall–Kier alpha value is -1.64. The van der Waals surface area contributed by atoms with Crippen molar-refractivity contribution in [2.45, 2.75) is 13.3 Å². The second kappa shape index (κ2) is 3.39. The number of nitrogens with zero attached hydrogens (tertiary/aromatic N) is 2. The predicted molar refractivity (Wildman–Crippen MR) is 51.2 cm³/mol. The SMILES string of the molecule is CCc1cc(-c2ccccn2)n[nH]1. The third kappa shape index (κ3) is 1.59. The van der Waals surface area contributed by atoms with Crippen molar-refractivity contribution in [2.75, 3.05) is 0 Å². The third-order valence-electron chi connectivity index (χ3n) is 1.94. The minimum atomic E-state index is 0.914. The standard InChI is InChI=1S/C10H11N3/c1-2-8-7-10(13-12-8)9-5-3-4-6-11-9/h3-7H,2H2,1H3,(H,12,13). The van der Waals surface area contributed by atoms with Gasteiger partial charge in [-0.3, -0.25) is 10.1 Å². The number of hydrogen-bond acceptors (Lipinski definition) is 2. The summed E-state index contributed by atoms with van der Waals surface area (Å²) in [5.74, 6) is 0. The van der Waals surface area contributed by atoms with Crippen LogP contribution in [0.3, 0.4) is 0 Å². The maximum atomic E-state index is 4.21. The van der Waals surface area contributed by atoms with E-state index >= 15 is 0 Å². The Morgan fingerprint density at radius 2 is 2.23 bits per heavy atom. The molecule has 0 spiro atoms. The summed E-state index contributed by atoms with van der Waals surface area (Å²) in [7, 11) is 0. The van der Waals surface area contributed by atoms with Gasteiger partial charge >= 0.3 is 0 Å². The van der Waals surface area contributed by atoms with E-state index in [4.69, 9.17) is 0 Å². The van der Waals surface area contributed by atoms with E-state index in [-0.39, 0.29) is 0 Å². The summed E-state index contributed by atoms with van der Waals surface area (Å²) in [4.78, 5) is 4.21. The average Bonchev–Trinajstić information content (AvgIpc) is 2.67. The van der Waals surface area contributed by atoms with Crippen LogP contribution in [0, 0.1) is 0 Å². The molecule has 13 heavy (non-hydrogen) atoms. The minimum Gasteiger partial charge on any atom is -0.282 e. The van der Waals surface area contributed by atoms with Crippen LogP contribution in [0.4, 0.5) is 0 Å². The second-order valence-electron chi connectivity index (χ2n) is 2.85. The van der Waals surface area contributed by atoms with E-state index < -0.39 is 0 Å². The third-order valence-corrected chi connectivity index (χ3v) is 1.94. The Kier molecular flexibility index (Phi) is 2.08. The van der Waals surface area contributed by atoms with Gasteiger partial charge in [-0.25, -0.2) is 0 Å². The van der Waals surface area contributed by atoms with Crippen molar-refractivity contribution in [3.63, 3.8) is 0 Å². The largest absolute Gasteiger partial charge is 0.282 e. The van der Waals surface area contributed by atoms with E-state index in [0.29, 0.717) is 0 Å². The van der Waals surface area contributed by atoms with Crippen LogP contribution in [0.15, 0.2) is 30.5 Å². The number of nitrogens with one attached hydrogen (secondary N) is 1. The van der Waals surface area contributed by atoms with Crippen LogP contribution >= 0.6 is 0 Å². The van der Waals surface area contributed by atoms with Gasteiger partial charge in [-0.15, -0.1) is 0 Å². The van der Waals surface area contributed by atoms with Crippen LogP contribution in [0.1, 0.15) is 12.6 Å². The van der Waals surface area contributed by atoms with Crippen LogP contribution < -0.4 is 0 Å². The smallest absolute Gasteiger partial charge is 0.111 e. The van der Waals surface area contributed by atoms with E-state index in [1.54, 1.807) is 6.20 Å². The number of aryl methyl sites for hydroxylation is 1. The van der Waals surface area contributed by atoms with Gasteiger partial charge in [-0.1, -0.05) is 13.0 Å². The zero-order valence-corrected chi connectivity index (χ0v) is 7.49. The summed E-state index contributed by atoms with van der Waals surface area (Å²) in [6, 6.07) is 7.84. The quantitative estimate of drug-likeness (QED) is 0.755. The Labute approximate surface area is 76.8 Å². The van der Waals surface area contributed by atoms with Crippen molar-refractivity contribution in [1.82, 2.24) is 15.2 Å². The molecule has 2 aromatic rings. The molecule has 0 bridgehead atoms. The van der Waals surface area contributed by atoms with E-state index in [9.17, 15) is 0 Å². The Balaban J connectivity index is 2.36. The molecule has 3 nitrogen and oxygen atoms in total. The van der Waals surface area contributed by atoms with Gasteiger partial charge < -0.3 is 0 Å². The fourth-order valence-corrected chi connectivity index (χ4v) is 1.19. The molecule has 0 aromatic carbocycles. The molecule has 0 unspecified atom stereocenters. The van der Waals surface area contributed by atoms with E-state index in [2.05, 4.69) is 22.1 Å². The fourth-order valence-electron chi connectivity index (χ4n) is 1.19. The zero-order chi connectivity index (χ0) is 9.10. The Bertz CT molecular complexity index is 378. The van der Waals surface area contributed by atoms with Crippen molar-refractivity contribution in [1.29, 1.82) is 0 Å². The lowest BCUT2D eigenvalue weighted by Crippen LogP contribution is -1.80. The molecule has 2 heterocycles. The van der Waals surface area contributed by atoms with Gasteiger partial charge in [-0.05, 0) is 24.6 Å². The summed E-state index contributed by atoms with van der Waals surface area (Å²) in [5, 5.41) is 7.13. The van der Waals surface area contributed by atoms with Gasteiger partial charge in [0.05, 0.1) is 5.69 Å². The number of H-pyrrole nitrogens is 1. The Morgan fingerprint density at radius 3 is 2.85 bits per heavy atom. The number of pyridine rings is 1. The molecule has 0 saturated heterocycles. The molecule has 0 radical (unpaired) electrons. The number of hydrogen-bond donors (Lipinski definition) is 1. The predicted octanol–water partition coefficient (Wildman–Crippen LogP) is 2.03. The van der Waals surface area contributed by atoms with Crippen LogP contribution in [-0.4, -0.2) is 15.2 Å². The second-order valence-corrected chi connectivity index (χ2v) is 2.85. The molecule has 3 heteroatoms. The van der Waals surface area contributed by atoms with E-state index in [1.807, 2.05) is 24.3 Å². The number of aromatic nitrogens is 3. The average molecular weight is 173 g/mol. The molecule has 66 valence electrons. The van der Waals surface area contributed by atoms with Crippen LogP contribution in [0.2, 0.25) is 0 Å². The highest BCUT2D eigenvalue weighted by atomic mass is 15.1. The summed E-state index contributed by atoms with van der Waals surface area (Å²) >= 11 is 0. The fraction of sp³-hybridized carbons (Fsp3) is 0.200. The van der Waals surface area contributed by atoms with Gasteiger partial charge in [0.15, 0.2) is 0 Å². The van der Waals surface area contributed by atoms with Gasteiger partial charge in [-0.2, -0.15) is 5.10 Å². The number of rotatable bonds is 2. The molecule has 0 atom stereocenters. The molecule has 0 aliphatic heterocycles. The highest BCUT2D eigenvalue weighted by Gasteiger charge is 2.02. The molecular formula is C10H11N3. The molecule has 1 N–H and O–H groups in total. The first-order chi connectivity index (χ1) is 6.40. The van der Waals surface area contributed by atoms with E-state index in [1.165, 1.54) is 0 Å². The topological polar surface area (TPSA) is 41.6 Å². The molecule has 2 aromatic heterocycles. The van der Waals surface area contributed by atoms with Crippen molar-refractivity contribution in [3.8, 4) is 11.4 Å². The van der Waals surface area contributed by atoms with Gasteiger partial charge in [0, 0.05) is 11.9 Å². The minimum absolute atomic E-state index is 0.914. The van der Waals surface area contributed by atoms with E-state index in [0.717, 1.165) is 23.5 Å². The first-order valence-corrected chi connectivity index (χ1v) is 4.36. The van der Waals surface area contributed by atoms with Crippen LogP contribution in [-0.2, 0) is 6.42 Å². The first-order valence-electron chi connectivity index (χ1n) is 4.36. The molecular weight excluding hydrogens is 162 g/mol. The number of aromatic amines is 1. The van der Waals surface area contributed by atoms with Gasteiger partial charge in [0.2, 0.25) is 0 Å². The maximum Gasteiger partial charge on any atom is 0.111 e. The zero-order valence-electron chi connectivity index (χ0n) is 7.49. The van der Waals surface area contributed by atoms with Crippen LogP contribution in [0.5, 0.6) is 0 Å². The maximum absolute atomic E-state index is 4.21. The van der Waals surface area contributed by atoms with Crippen molar-refractivity contribution >= 4 is 0 Å². The summed E-state index contributed by atoms with van der Waals surface area (Å²) in [6.07, 6.45) is 2.75. The van der Waals surface area contributed by atoms with Gasteiger partial charge in [0.1, 0.15) is 5.69 Å². The van der Waals surface area contributed by atoms with Crippen molar-refractivity contribution in [2.24, 2.45) is 0 Å².